The van der Waals surface area contributed by atoms with Crippen molar-refractivity contribution >= 4 is 28.5 Å². The van der Waals surface area contributed by atoms with Crippen LogP contribution in [0.2, 0.25) is 0 Å². The summed E-state index contributed by atoms with van der Waals surface area (Å²) in [6, 6.07) is 16.9. The summed E-state index contributed by atoms with van der Waals surface area (Å²) in [7, 11) is 0. The molecular weight excluding hydrogens is 538 g/mol. The third kappa shape index (κ3) is 5.28. The molecule has 0 unspecified atom stereocenters. The first kappa shape index (κ1) is 28.0. The fourth-order valence-electron chi connectivity index (χ4n) is 6.17. The lowest BCUT2D eigenvalue weighted by Crippen LogP contribution is -2.57. The van der Waals surface area contributed by atoms with Crippen LogP contribution in [0.25, 0.3) is 11.0 Å². The van der Waals surface area contributed by atoms with Gasteiger partial charge in [-0.3, -0.25) is 14.4 Å². The number of benzene rings is 2. The zero-order chi connectivity index (χ0) is 29.1. The van der Waals surface area contributed by atoms with Gasteiger partial charge in [0.25, 0.3) is 5.91 Å². The van der Waals surface area contributed by atoms with Gasteiger partial charge < -0.3 is 34.1 Å². The molecule has 0 saturated carbocycles. The second kappa shape index (κ2) is 12.0. The van der Waals surface area contributed by atoms with Gasteiger partial charge in [-0.2, -0.15) is 0 Å². The SMILES string of the molecule is O=C(C1=C[C@@H](c2coc3ccccc3c2=O)C[C@@H](OCCCCO)O1)N1CCC2(CC1)C(=O)NCN2c1ccccc1. The molecule has 1 spiro atoms. The molecule has 4 heterocycles. The Morgan fingerprint density at radius 3 is 2.60 bits per heavy atom. The van der Waals surface area contributed by atoms with Crippen molar-refractivity contribution in [2.75, 3.05) is 37.9 Å². The number of ether oxygens (including phenoxy) is 2. The highest BCUT2D eigenvalue weighted by atomic mass is 16.7. The first-order chi connectivity index (χ1) is 20.5. The minimum Gasteiger partial charge on any atom is -0.464 e. The molecule has 42 heavy (non-hydrogen) atoms. The van der Waals surface area contributed by atoms with Crippen molar-refractivity contribution in [3.05, 3.63) is 88.5 Å². The maximum absolute atomic E-state index is 13.8. The van der Waals surface area contributed by atoms with Crippen molar-refractivity contribution in [3.8, 4) is 0 Å². The zero-order valence-electron chi connectivity index (χ0n) is 23.4. The minimum absolute atomic E-state index is 0.0222. The van der Waals surface area contributed by atoms with E-state index >= 15 is 0 Å². The monoisotopic (exact) mass is 573 g/mol. The molecule has 2 atom stereocenters. The fraction of sp³-hybridized carbons (Fsp3) is 0.406. The Morgan fingerprint density at radius 1 is 1.05 bits per heavy atom. The Hall–Kier alpha value is -4.15. The number of rotatable bonds is 8. The number of hydrogen-bond acceptors (Lipinski definition) is 8. The summed E-state index contributed by atoms with van der Waals surface area (Å²) < 4.78 is 17.8. The number of nitrogens with zero attached hydrogens (tertiary/aromatic N) is 2. The summed E-state index contributed by atoms with van der Waals surface area (Å²) in [6.45, 7) is 1.59. The molecule has 2 N–H and O–H groups in total. The number of hydrogen-bond donors (Lipinski definition) is 2. The molecule has 2 fully saturated rings. The van der Waals surface area contributed by atoms with E-state index < -0.39 is 17.7 Å². The largest absolute Gasteiger partial charge is 0.464 e. The molecule has 6 rings (SSSR count). The Kier molecular flexibility index (Phi) is 7.99. The molecular formula is C32H35N3O7. The van der Waals surface area contributed by atoms with Crippen LogP contribution < -0.4 is 15.6 Å². The van der Waals surface area contributed by atoms with Crippen LogP contribution in [-0.4, -0.2) is 66.6 Å². The van der Waals surface area contributed by atoms with Gasteiger partial charge in [-0.1, -0.05) is 30.3 Å². The Morgan fingerprint density at radius 2 is 1.81 bits per heavy atom. The topological polar surface area (TPSA) is 122 Å². The highest BCUT2D eigenvalue weighted by Crippen LogP contribution is 2.37. The number of amides is 2. The predicted octanol–water partition coefficient (Wildman–Crippen LogP) is 3.25. The van der Waals surface area contributed by atoms with Crippen LogP contribution in [0.1, 0.15) is 43.6 Å². The van der Waals surface area contributed by atoms with E-state index in [1.807, 2.05) is 36.4 Å². The summed E-state index contributed by atoms with van der Waals surface area (Å²) in [5.41, 5.74) is 1.03. The number of allylic oxidation sites excluding steroid dienone is 1. The molecule has 0 bridgehead atoms. The molecule has 3 aliphatic heterocycles. The number of para-hydroxylation sites is 2. The number of carbonyl (C=O) groups is 2. The number of aliphatic hydroxyl groups is 1. The van der Waals surface area contributed by atoms with Crippen molar-refractivity contribution < 1.29 is 28.6 Å². The van der Waals surface area contributed by atoms with Gasteiger partial charge in [-0.05, 0) is 56.0 Å². The first-order valence-corrected chi connectivity index (χ1v) is 14.5. The molecule has 2 aromatic carbocycles. The molecule has 0 radical (unpaired) electrons. The van der Waals surface area contributed by atoms with Gasteiger partial charge in [0.1, 0.15) is 11.1 Å². The van der Waals surface area contributed by atoms with Crippen molar-refractivity contribution in [1.29, 1.82) is 0 Å². The van der Waals surface area contributed by atoms with Gasteiger partial charge in [0, 0.05) is 43.3 Å². The normalized spacial score (nSPS) is 21.7. The zero-order valence-corrected chi connectivity index (χ0v) is 23.4. The van der Waals surface area contributed by atoms with Crippen LogP contribution in [0.5, 0.6) is 0 Å². The Balaban J connectivity index is 1.23. The van der Waals surface area contributed by atoms with Crippen molar-refractivity contribution in [1.82, 2.24) is 10.2 Å². The summed E-state index contributed by atoms with van der Waals surface area (Å²) in [6.07, 6.45) is 4.94. The number of likely N-dealkylation sites (tertiary alicyclic amines) is 1. The van der Waals surface area contributed by atoms with Crippen LogP contribution in [0.15, 0.2) is 81.9 Å². The van der Waals surface area contributed by atoms with Gasteiger partial charge in [0.2, 0.25) is 12.2 Å². The van der Waals surface area contributed by atoms with Crippen molar-refractivity contribution in [2.45, 2.75) is 49.9 Å². The molecule has 10 heteroatoms. The third-order valence-corrected chi connectivity index (χ3v) is 8.51. The molecule has 0 aliphatic carbocycles. The quantitative estimate of drug-likeness (QED) is 0.394. The highest BCUT2D eigenvalue weighted by molar-refractivity contribution is 5.95. The van der Waals surface area contributed by atoms with Crippen molar-refractivity contribution in [2.24, 2.45) is 0 Å². The van der Waals surface area contributed by atoms with Gasteiger partial charge in [0.15, 0.2) is 11.2 Å². The third-order valence-electron chi connectivity index (χ3n) is 8.51. The number of nitrogens with one attached hydrogen (secondary N) is 1. The number of unbranched alkanes of at least 4 members (excludes halogenated alkanes) is 1. The van der Waals surface area contributed by atoms with Crippen LogP contribution in [0.4, 0.5) is 5.69 Å². The molecule has 3 aliphatic rings. The number of anilines is 1. The lowest BCUT2D eigenvalue weighted by molar-refractivity contribution is -0.154. The second-order valence-corrected chi connectivity index (χ2v) is 11.0. The van der Waals surface area contributed by atoms with E-state index in [2.05, 4.69) is 10.2 Å². The Labute approximate surface area is 243 Å². The van der Waals surface area contributed by atoms with Crippen LogP contribution in [-0.2, 0) is 19.1 Å². The van der Waals surface area contributed by atoms with E-state index in [1.165, 1.54) is 6.26 Å². The molecule has 10 nitrogen and oxygen atoms in total. The van der Waals surface area contributed by atoms with Crippen LogP contribution in [0.3, 0.4) is 0 Å². The van der Waals surface area contributed by atoms with E-state index in [1.54, 1.807) is 29.2 Å². The number of aliphatic hydroxyl groups excluding tert-OH is 1. The van der Waals surface area contributed by atoms with E-state index in [4.69, 9.17) is 19.0 Å². The summed E-state index contributed by atoms with van der Waals surface area (Å²) >= 11 is 0. The van der Waals surface area contributed by atoms with Crippen molar-refractivity contribution in [3.63, 3.8) is 0 Å². The molecule has 2 saturated heterocycles. The standard InChI is InChI=1S/C32H35N3O7/c36-16-6-7-17-40-28-19-22(25-20-41-26-11-5-4-10-24(26)29(25)37)18-27(42-28)30(38)34-14-12-32(13-15-34)31(39)33-21-35(32)23-8-2-1-3-9-23/h1-5,8-11,18,20,22,28,36H,6-7,12-17,19,21H2,(H,33,39)/t22-,28+/m1/s1. The summed E-state index contributed by atoms with van der Waals surface area (Å²) in [5, 5.41) is 12.6. The van der Waals surface area contributed by atoms with Crippen LogP contribution in [0, 0.1) is 0 Å². The second-order valence-electron chi connectivity index (χ2n) is 11.0. The lowest BCUT2D eigenvalue weighted by atomic mass is 9.85. The van der Waals surface area contributed by atoms with E-state index in [0.29, 0.717) is 75.0 Å². The Bertz CT molecular complexity index is 1530. The average Bonchev–Trinajstić information content (AvgIpc) is 3.34. The number of piperidine rings is 1. The lowest BCUT2D eigenvalue weighted by Gasteiger charge is -2.43. The number of carbonyl (C=O) groups excluding carboxylic acids is 2. The molecule has 3 aromatic rings. The van der Waals surface area contributed by atoms with E-state index in [0.717, 1.165) is 5.69 Å². The fourth-order valence-corrected chi connectivity index (χ4v) is 6.17. The minimum atomic E-state index is -0.742. The molecule has 2 amide bonds. The highest BCUT2D eigenvalue weighted by Gasteiger charge is 2.51. The van der Waals surface area contributed by atoms with E-state index in [9.17, 15) is 14.4 Å². The maximum atomic E-state index is 13.8. The summed E-state index contributed by atoms with van der Waals surface area (Å²) in [4.78, 5) is 44.1. The number of fused-ring (bicyclic) bond motifs is 1. The molecule has 220 valence electrons. The summed E-state index contributed by atoms with van der Waals surface area (Å²) in [5.74, 6) is -0.649. The maximum Gasteiger partial charge on any atom is 0.288 e. The van der Waals surface area contributed by atoms with Gasteiger partial charge in [-0.25, -0.2) is 0 Å². The average molecular weight is 574 g/mol. The first-order valence-electron chi connectivity index (χ1n) is 14.5. The molecule has 1 aromatic heterocycles. The predicted molar refractivity (Wildman–Crippen MR) is 156 cm³/mol. The van der Waals surface area contributed by atoms with Gasteiger partial charge in [0.05, 0.1) is 24.9 Å². The van der Waals surface area contributed by atoms with Crippen LogP contribution >= 0.6 is 0 Å². The smallest absolute Gasteiger partial charge is 0.288 e. The van der Waals surface area contributed by atoms with Gasteiger partial charge >= 0.3 is 0 Å². The van der Waals surface area contributed by atoms with Gasteiger partial charge in [-0.15, -0.1) is 0 Å². The van der Waals surface area contributed by atoms with E-state index in [-0.39, 0.29) is 29.6 Å².